The average molecular weight is 438 g/mol. The molecule has 3 aliphatic heterocycles. The molecule has 3 heterocycles. The Labute approximate surface area is 164 Å². The van der Waals surface area contributed by atoms with Crippen molar-refractivity contribution in [2.45, 2.75) is 24.6 Å². The molecule has 3 aliphatic rings. The van der Waals surface area contributed by atoms with Gasteiger partial charge in [0, 0.05) is 28.9 Å². The number of benzene rings is 1. The fourth-order valence-electron chi connectivity index (χ4n) is 4.58. The van der Waals surface area contributed by atoms with Crippen LogP contribution in [0.25, 0.3) is 0 Å². The molecule has 27 heavy (non-hydrogen) atoms. The number of halogens is 1. The highest BCUT2D eigenvalue weighted by atomic mass is 79.9. The van der Waals surface area contributed by atoms with Crippen molar-refractivity contribution in [1.82, 2.24) is 10.2 Å². The van der Waals surface area contributed by atoms with E-state index in [4.69, 9.17) is 4.74 Å². The number of imide groups is 1. The minimum absolute atomic E-state index is 0.122. The summed E-state index contributed by atoms with van der Waals surface area (Å²) in [6.07, 6.45) is -0.917. The maximum atomic E-state index is 13.2. The van der Waals surface area contributed by atoms with Crippen molar-refractivity contribution in [1.29, 1.82) is 0 Å². The Morgan fingerprint density at radius 2 is 2.07 bits per heavy atom. The van der Waals surface area contributed by atoms with Gasteiger partial charge >= 0.3 is 0 Å². The molecule has 144 valence electrons. The predicted octanol–water partition coefficient (Wildman–Crippen LogP) is 0.197. The van der Waals surface area contributed by atoms with Crippen LogP contribution in [0.3, 0.4) is 0 Å². The number of rotatable bonds is 4. The Kier molecular flexibility index (Phi) is 4.38. The maximum absolute atomic E-state index is 13.2. The second-order valence-electron chi connectivity index (χ2n) is 7.19. The lowest BCUT2D eigenvalue weighted by atomic mass is 9.76. The number of hydrogen-bond donors (Lipinski definition) is 3. The number of hydrogen-bond acceptors (Lipinski definition) is 6. The number of anilines is 1. The number of ether oxygens (including phenoxy) is 1. The van der Waals surface area contributed by atoms with Crippen molar-refractivity contribution in [2.75, 3.05) is 25.6 Å². The number of nitrogens with zero attached hydrogens (tertiary/aromatic N) is 1. The minimum Gasteiger partial charge on any atom is -0.392 e. The number of fused-ring (bicyclic) bond motifs is 4. The first-order valence-corrected chi connectivity index (χ1v) is 9.53. The second kappa shape index (κ2) is 6.37. The molecule has 0 radical (unpaired) electrons. The third-order valence-corrected chi connectivity index (χ3v) is 6.23. The van der Waals surface area contributed by atoms with Crippen molar-refractivity contribution in [3.8, 4) is 0 Å². The van der Waals surface area contributed by atoms with Crippen LogP contribution in [-0.2, 0) is 24.7 Å². The van der Waals surface area contributed by atoms with Crippen molar-refractivity contribution in [3.63, 3.8) is 0 Å². The summed E-state index contributed by atoms with van der Waals surface area (Å²) in [4.78, 5) is 40.4. The Balaban J connectivity index is 1.86. The molecule has 2 saturated heterocycles. The van der Waals surface area contributed by atoms with Gasteiger partial charge in [-0.15, -0.1) is 0 Å². The number of aliphatic hydroxyl groups is 1. The first kappa shape index (κ1) is 18.5. The third-order valence-electron chi connectivity index (χ3n) is 5.74. The van der Waals surface area contributed by atoms with Crippen LogP contribution >= 0.6 is 15.9 Å². The zero-order chi connectivity index (χ0) is 19.5. The van der Waals surface area contributed by atoms with Gasteiger partial charge in [0.05, 0.1) is 31.1 Å². The molecular weight excluding hydrogens is 418 g/mol. The van der Waals surface area contributed by atoms with Gasteiger partial charge in [0.1, 0.15) is 5.54 Å². The molecule has 0 bridgehead atoms. The third kappa shape index (κ3) is 2.42. The number of carbonyl (C=O) groups is 3. The van der Waals surface area contributed by atoms with Gasteiger partial charge in [-0.2, -0.15) is 0 Å². The van der Waals surface area contributed by atoms with Gasteiger partial charge in [-0.25, -0.2) is 0 Å². The molecule has 2 fully saturated rings. The topological polar surface area (TPSA) is 108 Å². The summed E-state index contributed by atoms with van der Waals surface area (Å²) in [5.74, 6) is -2.92. The van der Waals surface area contributed by atoms with E-state index in [0.717, 1.165) is 9.37 Å². The monoisotopic (exact) mass is 437 g/mol. The number of methoxy groups -OCH3 is 1. The summed E-state index contributed by atoms with van der Waals surface area (Å²) in [6.45, 7) is 1.89. The summed E-state index contributed by atoms with van der Waals surface area (Å²) >= 11 is 3.41. The largest absolute Gasteiger partial charge is 0.392 e. The fraction of sp³-hybridized carbons (Fsp3) is 0.500. The molecule has 5 atom stereocenters. The molecule has 1 aromatic rings. The number of aliphatic hydroxyl groups excluding tert-OH is 1. The molecule has 8 nitrogen and oxygen atoms in total. The highest BCUT2D eigenvalue weighted by Gasteiger charge is 2.71. The SMILES string of the molecule is COCCN1C(=O)[C@@H]2[C@H]([C@H](C)O)N[C@]3(C(=O)Nc4ccc(Br)cc43)[C@@H]2C1=O. The van der Waals surface area contributed by atoms with Gasteiger partial charge in [0.15, 0.2) is 0 Å². The summed E-state index contributed by atoms with van der Waals surface area (Å²) in [5, 5.41) is 16.3. The van der Waals surface area contributed by atoms with E-state index in [1.54, 1.807) is 25.1 Å². The maximum Gasteiger partial charge on any atom is 0.250 e. The predicted molar refractivity (Wildman–Crippen MR) is 98.6 cm³/mol. The van der Waals surface area contributed by atoms with Crippen LogP contribution in [0.1, 0.15) is 12.5 Å². The lowest BCUT2D eigenvalue weighted by molar-refractivity contribution is -0.143. The summed E-state index contributed by atoms with van der Waals surface area (Å²) < 4.78 is 5.76. The molecule has 3 amide bonds. The van der Waals surface area contributed by atoms with Crippen molar-refractivity contribution in [2.24, 2.45) is 11.8 Å². The van der Waals surface area contributed by atoms with E-state index in [-0.39, 0.29) is 25.0 Å². The van der Waals surface area contributed by atoms with Gasteiger partial charge < -0.3 is 15.2 Å². The molecule has 9 heteroatoms. The zero-order valence-corrected chi connectivity index (χ0v) is 16.4. The highest BCUT2D eigenvalue weighted by molar-refractivity contribution is 9.10. The van der Waals surface area contributed by atoms with Crippen molar-refractivity contribution in [3.05, 3.63) is 28.2 Å². The van der Waals surface area contributed by atoms with Crippen LogP contribution in [0.5, 0.6) is 0 Å². The molecule has 0 aliphatic carbocycles. The quantitative estimate of drug-likeness (QED) is 0.580. The second-order valence-corrected chi connectivity index (χ2v) is 8.10. The smallest absolute Gasteiger partial charge is 0.250 e. The first-order chi connectivity index (χ1) is 12.8. The van der Waals surface area contributed by atoms with E-state index in [9.17, 15) is 19.5 Å². The molecule has 4 rings (SSSR count). The van der Waals surface area contributed by atoms with E-state index in [0.29, 0.717) is 11.3 Å². The van der Waals surface area contributed by atoms with Crippen LogP contribution in [0.15, 0.2) is 22.7 Å². The normalized spacial score (nSPS) is 32.8. The van der Waals surface area contributed by atoms with Crippen LogP contribution in [0.4, 0.5) is 5.69 Å². The van der Waals surface area contributed by atoms with Gasteiger partial charge in [0.25, 0.3) is 0 Å². The van der Waals surface area contributed by atoms with E-state index in [1.165, 1.54) is 7.11 Å². The van der Waals surface area contributed by atoms with E-state index in [1.807, 2.05) is 0 Å². The van der Waals surface area contributed by atoms with E-state index < -0.39 is 35.4 Å². The summed E-state index contributed by atoms with van der Waals surface area (Å²) in [5.41, 5.74) is -0.189. The molecule has 3 N–H and O–H groups in total. The lowest BCUT2D eigenvalue weighted by Gasteiger charge is -2.30. The van der Waals surface area contributed by atoms with E-state index >= 15 is 0 Å². The molecule has 0 aromatic heterocycles. The lowest BCUT2D eigenvalue weighted by Crippen LogP contribution is -2.55. The molecule has 1 spiro atoms. The molecule has 0 unspecified atom stereocenters. The van der Waals surface area contributed by atoms with E-state index in [2.05, 4.69) is 26.6 Å². The number of amides is 3. The molecular formula is C18H20BrN3O5. The fourth-order valence-corrected chi connectivity index (χ4v) is 4.94. The first-order valence-electron chi connectivity index (χ1n) is 8.74. The zero-order valence-electron chi connectivity index (χ0n) is 14.9. The minimum atomic E-state index is -1.39. The van der Waals surface area contributed by atoms with Crippen LogP contribution in [0, 0.1) is 11.8 Å². The van der Waals surface area contributed by atoms with Crippen molar-refractivity contribution < 1.29 is 24.2 Å². The van der Waals surface area contributed by atoms with Crippen LogP contribution < -0.4 is 10.6 Å². The van der Waals surface area contributed by atoms with Crippen molar-refractivity contribution >= 4 is 39.3 Å². The Morgan fingerprint density at radius 3 is 2.74 bits per heavy atom. The molecule has 0 saturated carbocycles. The summed E-state index contributed by atoms with van der Waals surface area (Å²) in [7, 11) is 1.49. The highest BCUT2D eigenvalue weighted by Crippen LogP contribution is 2.53. The van der Waals surface area contributed by atoms with Gasteiger partial charge in [-0.05, 0) is 25.1 Å². The Hall–Kier alpha value is -1.81. The Morgan fingerprint density at radius 1 is 1.33 bits per heavy atom. The number of nitrogens with one attached hydrogen (secondary N) is 2. The van der Waals surface area contributed by atoms with Crippen LogP contribution in [-0.4, -0.2) is 60.1 Å². The number of likely N-dealkylation sites (tertiary alicyclic amines) is 1. The van der Waals surface area contributed by atoms with Gasteiger partial charge in [-0.1, -0.05) is 15.9 Å². The molecule has 1 aromatic carbocycles. The van der Waals surface area contributed by atoms with Crippen LogP contribution in [0.2, 0.25) is 0 Å². The summed E-state index contributed by atoms with van der Waals surface area (Å²) in [6, 6.07) is 4.61. The Bertz CT molecular complexity index is 844. The standard InChI is InChI=1S/C18H20BrN3O5/c1-8(23)14-12-13(16(25)22(15(12)24)5-6-27-2)18(21-14)10-7-9(19)3-4-11(10)20-17(18)26/h3-4,7-8,12-14,21,23H,5-6H2,1-2H3,(H,20,26)/t8-,12-,13-,14-,18-/m0/s1. The number of carbonyl (C=O) groups excluding carboxylic acids is 3. The van der Waals surface area contributed by atoms with Gasteiger partial charge in [-0.3, -0.25) is 24.6 Å². The average Bonchev–Trinajstić information content (AvgIpc) is 3.20. The van der Waals surface area contributed by atoms with Gasteiger partial charge in [0.2, 0.25) is 17.7 Å².